The second-order valence-corrected chi connectivity index (χ2v) is 6.44. The molecule has 0 aliphatic rings. The Morgan fingerprint density at radius 3 is 2.57 bits per heavy atom. The van der Waals surface area contributed by atoms with Crippen molar-refractivity contribution in [3.8, 4) is 0 Å². The summed E-state index contributed by atoms with van der Waals surface area (Å²) in [7, 11) is 4.06. The van der Waals surface area contributed by atoms with Crippen LogP contribution in [0, 0.1) is 16.0 Å². The molecule has 6 heteroatoms. The average Bonchev–Trinajstić information content (AvgIpc) is 2.35. The molecule has 0 aliphatic heterocycles. The topological polar surface area (TPSA) is 58.4 Å². The summed E-state index contributed by atoms with van der Waals surface area (Å²) in [6.07, 6.45) is 1.03. The molecule has 0 fully saturated rings. The Hall–Kier alpha value is -1.17. The Kier molecular flexibility index (Phi) is 7.08. The van der Waals surface area contributed by atoms with Gasteiger partial charge in [-0.1, -0.05) is 25.4 Å². The lowest BCUT2D eigenvalue weighted by Gasteiger charge is -2.24. The van der Waals surface area contributed by atoms with Crippen LogP contribution >= 0.6 is 11.6 Å². The van der Waals surface area contributed by atoms with Crippen LogP contribution in [0.5, 0.6) is 0 Å². The fourth-order valence-corrected chi connectivity index (χ4v) is 2.51. The molecule has 0 heterocycles. The second kappa shape index (κ2) is 8.32. The van der Waals surface area contributed by atoms with Crippen LogP contribution < -0.4 is 5.32 Å². The predicted octanol–water partition coefficient (Wildman–Crippen LogP) is 3.31. The summed E-state index contributed by atoms with van der Waals surface area (Å²) >= 11 is 5.83. The highest BCUT2D eigenvalue weighted by Crippen LogP contribution is 2.23. The molecule has 0 spiro atoms. The van der Waals surface area contributed by atoms with Gasteiger partial charge in [0.05, 0.1) is 4.92 Å². The minimum absolute atomic E-state index is 0.0724. The van der Waals surface area contributed by atoms with Gasteiger partial charge < -0.3 is 10.2 Å². The molecule has 1 atom stereocenters. The molecule has 1 aromatic rings. The molecule has 0 radical (unpaired) electrons. The Bertz CT molecular complexity index is 468. The van der Waals surface area contributed by atoms with E-state index in [-0.39, 0.29) is 10.6 Å². The molecule has 1 N–H and O–H groups in total. The van der Waals surface area contributed by atoms with E-state index in [9.17, 15) is 10.1 Å². The molecule has 0 bridgehead atoms. The van der Waals surface area contributed by atoms with E-state index in [0.717, 1.165) is 13.0 Å². The predicted molar refractivity (Wildman–Crippen MR) is 86.7 cm³/mol. The van der Waals surface area contributed by atoms with Crippen LogP contribution in [0.15, 0.2) is 18.2 Å². The van der Waals surface area contributed by atoms with Crippen molar-refractivity contribution >= 4 is 17.3 Å². The maximum atomic E-state index is 11.1. The number of benzene rings is 1. The van der Waals surface area contributed by atoms with Gasteiger partial charge in [0, 0.05) is 35.8 Å². The Balaban J connectivity index is 2.77. The van der Waals surface area contributed by atoms with Gasteiger partial charge in [0.2, 0.25) is 0 Å². The number of nitrogens with zero attached hydrogens (tertiary/aromatic N) is 2. The molecule has 21 heavy (non-hydrogen) atoms. The summed E-state index contributed by atoms with van der Waals surface area (Å²) in [6, 6.07) is 5.11. The van der Waals surface area contributed by atoms with Crippen molar-refractivity contribution in [2.75, 3.05) is 20.6 Å². The quantitative estimate of drug-likeness (QED) is 0.591. The smallest absolute Gasteiger partial charge is 0.275 e. The zero-order valence-corrected chi connectivity index (χ0v) is 13.9. The molecular formula is C15H24ClN3O2. The highest BCUT2D eigenvalue weighted by atomic mass is 35.5. The first-order chi connectivity index (χ1) is 9.79. The highest BCUT2D eigenvalue weighted by molar-refractivity contribution is 6.30. The van der Waals surface area contributed by atoms with E-state index in [1.165, 1.54) is 6.07 Å². The third-order valence-corrected chi connectivity index (χ3v) is 3.40. The van der Waals surface area contributed by atoms with Gasteiger partial charge in [-0.2, -0.15) is 0 Å². The van der Waals surface area contributed by atoms with Crippen LogP contribution in [0.25, 0.3) is 0 Å². The van der Waals surface area contributed by atoms with Gasteiger partial charge in [0.15, 0.2) is 0 Å². The number of nitro benzene ring substituents is 1. The summed E-state index contributed by atoms with van der Waals surface area (Å²) < 4.78 is 0. The summed E-state index contributed by atoms with van der Waals surface area (Å²) in [5, 5.41) is 14.9. The molecule has 0 saturated heterocycles. The molecule has 0 saturated carbocycles. The van der Waals surface area contributed by atoms with E-state index >= 15 is 0 Å². The Morgan fingerprint density at radius 1 is 1.38 bits per heavy atom. The molecule has 0 aliphatic carbocycles. The van der Waals surface area contributed by atoms with Crippen molar-refractivity contribution in [3.05, 3.63) is 38.9 Å². The van der Waals surface area contributed by atoms with E-state index < -0.39 is 0 Å². The summed E-state index contributed by atoms with van der Waals surface area (Å²) in [6.45, 7) is 5.72. The minimum atomic E-state index is -0.383. The summed E-state index contributed by atoms with van der Waals surface area (Å²) in [4.78, 5) is 12.8. The average molecular weight is 314 g/mol. The molecule has 1 rings (SSSR count). The zero-order chi connectivity index (χ0) is 16.0. The lowest BCUT2D eigenvalue weighted by Crippen LogP contribution is -2.38. The molecule has 0 aromatic heterocycles. The van der Waals surface area contributed by atoms with Gasteiger partial charge in [-0.05, 0) is 38.6 Å². The molecule has 0 amide bonds. The Morgan fingerprint density at radius 2 is 2.05 bits per heavy atom. The zero-order valence-electron chi connectivity index (χ0n) is 13.1. The molecule has 118 valence electrons. The van der Waals surface area contributed by atoms with Crippen molar-refractivity contribution in [2.45, 2.75) is 32.9 Å². The monoisotopic (exact) mass is 313 g/mol. The lowest BCUT2D eigenvalue weighted by molar-refractivity contribution is -0.385. The van der Waals surface area contributed by atoms with Gasteiger partial charge in [-0.3, -0.25) is 10.1 Å². The number of nitrogens with one attached hydrogen (secondary N) is 1. The van der Waals surface area contributed by atoms with E-state index in [1.54, 1.807) is 12.1 Å². The molecule has 1 unspecified atom stereocenters. The van der Waals surface area contributed by atoms with Crippen LogP contribution in [-0.2, 0) is 6.54 Å². The van der Waals surface area contributed by atoms with Crippen LogP contribution in [0.2, 0.25) is 5.02 Å². The van der Waals surface area contributed by atoms with Crippen molar-refractivity contribution < 1.29 is 4.92 Å². The largest absolute Gasteiger partial charge is 0.308 e. The van der Waals surface area contributed by atoms with Gasteiger partial charge >= 0.3 is 0 Å². The number of hydrogen-bond acceptors (Lipinski definition) is 4. The maximum absolute atomic E-state index is 11.1. The molecular weight excluding hydrogens is 290 g/mol. The lowest BCUT2D eigenvalue weighted by atomic mass is 10.0. The summed E-state index contributed by atoms with van der Waals surface area (Å²) in [5.41, 5.74) is 0.736. The van der Waals surface area contributed by atoms with Gasteiger partial charge in [-0.15, -0.1) is 0 Å². The fraction of sp³-hybridized carbons (Fsp3) is 0.600. The van der Waals surface area contributed by atoms with E-state index in [4.69, 9.17) is 11.6 Å². The van der Waals surface area contributed by atoms with Crippen LogP contribution in [0.1, 0.15) is 25.8 Å². The van der Waals surface area contributed by atoms with E-state index in [2.05, 4.69) is 24.1 Å². The van der Waals surface area contributed by atoms with Crippen molar-refractivity contribution in [2.24, 2.45) is 5.92 Å². The third kappa shape index (κ3) is 6.42. The number of hydrogen-bond donors (Lipinski definition) is 1. The van der Waals surface area contributed by atoms with Crippen molar-refractivity contribution in [1.82, 2.24) is 10.2 Å². The highest BCUT2D eigenvalue weighted by Gasteiger charge is 2.17. The van der Waals surface area contributed by atoms with Crippen LogP contribution in [0.4, 0.5) is 5.69 Å². The van der Waals surface area contributed by atoms with Gasteiger partial charge in [0.1, 0.15) is 0 Å². The first-order valence-corrected chi connectivity index (χ1v) is 7.48. The summed E-state index contributed by atoms with van der Waals surface area (Å²) in [5.74, 6) is 0.572. The van der Waals surface area contributed by atoms with Crippen LogP contribution in [-0.4, -0.2) is 36.5 Å². The van der Waals surface area contributed by atoms with Gasteiger partial charge in [-0.25, -0.2) is 0 Å². The van der Waals surface area contributed by atoms with Crippen molar-refractivity contribution in [3.63, 3.8) is 0 Å². The fourth-order valence-electron chi connectivity index (χ4n) is 2.34. The number of nitro groups is 1. The van der Waals surface area contributed by atoms with E-state index in [0.29, 0.717) is 29.1 Å². The minimum Gasteiger partial charge on any atom is -0.308 e. The number of rotatable bonds is 8. The first-order valence-electron chi connectivity index (χ1n) is 7.10. The molecule has 5 nitrogen and oxygen atoms in total. The molecule has 1 aromatic carbocycles. The number of likely N-dealkylation sites (N-methyl/N-ethyl adjacent to an activating group) is 1. The number of halogens is 1. The SMILES string of the molecule is CC(C)CC(CN(C)C)NCc1ccc(Cl)cc1[N+](=O)[O-]. The standard InChI is InChI=1S/C15H24ClN3O2/c1-11(2)7-14(10-18(3)4)17-9-12-5-6-13(16)8-15(12)19(20)21/h5-6,8,11,14,17H,7,9-10H2,1-4H3. The van der Waals surface area contributed by atoms with E-state index in [1.807, 2.05) is 14.1 Å². The first kappa shape index (κ1) is 17.9. The third-order valence-electron chi connectivity index (χ3n) is 3.17. The maximum Gasteiger partial charge on any atom is 0.275 e. The second-order valence-electron chi connectivity index (χ2n) is 6.00. The van der Waals surface area contributed by atoms with Crippen molar-refractivity contribution in [1.29, 1.82) is 0 Å². The van der Waals surface area contributed by atoms with Gasteiger partial charge in [0.25, 0.3) is 5.69 Å². The van der Waals surface area contributed by atoms with Crippen LogP contribution in [0.3, 0.4) is 0 Å². The normalized spacial score (nSPS) is 12.9. The Labute approximate surface area is 131 Å².